The molecule has 0 aliphatic carbocycles. The normalized spacial score (nSPS) is 25.3. The summed E-state index contributed by atoms with van der Waals surface area (Å²) >= 11 is 0. The summed E-state index contributed by atoms with van der Waals surface area (Å²) in [6.45, 7) is 6.59. The quantitative estimate of drug-likeness (QED) is 0.211. The predicted molar refractivity (Wildman–Crippen MR) is 126 cm³/mol. The van der Waals surface area contributed by atoms with Crippen molar-refractivity contribution >= 4 is 24.7 Å². The molecule has 0 saturated carbocycles. The molecular weight excluding hydrogens is 485 g/mol. The lowest BCUT2D eigenvalue weighted by molar-refractivity contribution is -0.0768. The molecule has 198 valence electrons. The van der Waals surface area contributed by atoms with Gasteiger partial charge in [-0.2, -0.15) is 4.98 Å². The minimum atomic E-state index is -4.54. The smallest absolute Gasteiger partial charge is 0.359 e. The molecule has 3 heterocycles. The predicted octanol–water partition coefficient (Wildman–Crippen LogP) is 0.274. The van der Waals surface area contributed by atoms with E-state index in [0.29, 0.717) is 0 Å². The SMILES string of the molecule is CCC(CC)(CC1O[C@@H](n2c(=O)[nH]c3c(=O)[nH]c(N)nc32)[C@H](O)C1O)OP(=O)(O)C(O)(CC)CC. The Morgan fingerprint density at radius 3 is 2.26 bits per heavy atom. The Morgan fingerprint density at radius 1 is 1.11 bits per heavy atom. The van der Waals surface area contributed by atoms with Crippen LogP contribution in [0, 0.1) is 0 Å². The number of hydrogen-bond donors (Lipinski definition) is 7. The summed E-state index contributed by atoms with van der Waals surface area (Å²) in [5.74, 6) is -0.262. The third-order valence-corrected chi connectivity index (χ3v) is 9.35. The third-order valence-electron chi connectivity index (χ3n) is 7.03. The number of aliphatic hydroxyl groups excluding tert-OH is 2. The number of nitrogens with two attached hydrogens (primary N) is 1. The van der Waals surface area contributed by atoms with Gasteiger partial charge >= 0.3 is 13.3 Å². The molecule has 8 N–H and O–H groups in total. The Balaban J connectivity index is 1.95. The monoisotopic (exact) mass is 519 g/mol. The van der Waals surface area contributed by atoms with Gasteiger partial charge in [-0.15, -0.1) is 0 Å². The van der Waals surface area contributed by atoms with Gasteiger partial charge < -0.3 is 30.7 Å². The maximum absolute atomic E-state index is 13.1. The number of aliphatic hydroxyl groups is 3. The Morgan fingerprint density at radius 2 is 1.71 bits per heavy atom. The van der Waals surface area contributed by atoms with Gasteiger partial charge in [0.05, 0.1) is 11.7 Å². The number of H-pyrrole nitrogens is 2. The number of aromatic nitrogens is 4. The van der Waals surface area contributed by atoms with Crippen LogP contribution in [0.25, 0.3) is 11.2 Å². The van der Waals surface area contributed by atoms with Crippen LogP contribution in [-0.4, -0.2) is 69.0 Å². The van der Waals surface area contributed by atoms with Crippen molar-refractivity contribution in [2.45, 2.75) is 95.3 Å². The molecule has 0 spiro atoms. The molecule has 1 fully saturated rings. The summed E-state index contributed by atoms with van der Waals surface area (Å²) < 4.78 is 25.5. The van der Waals surface area contributed by atoms with Gasteiger partial charge in [0.2, 0.25) is 5.95 Å². The molecule has 0 aromatic carbocycles. The summed E-state index contributed by atoms with van der Waals surface area (Å²) in [4.78, 5) is 43.9. The molecular formula is C20H34N5O9P. The molecule has 1 aliphatic heterocycles. The van der Waals surface area contributed by atoms with Crippen molar-refractivity contribution in [2.24, 2.45) is 0 Å². The number of hydrogen-bond acceptors (Lipinski definition) is 10. The zero-order valence-electron chi connectivity index (χ0n) is 20.1. The summed E-state index contributed by atoms with van der Waals surface area (Å²) in [6, 6.07) is 0. The van der Waals surface area contributed by atoms with E-state index in [4.69, 9.17) is 15.0 Å². The highest BCUT2D eigenvalue weighted by Gasteiger charge is 2.53. The van der Waals surface area contributed by atoms with E-state index in [1.165, 1.54) is 0 Å². The molecule has 15 heteroatoms. The maximum Gasteiger partial charge on any atom is 0.359 e. The van der Waals surface area contributed by atoms with Crippen LogP contribution in [0.2, 0.25) is 0 Å². The minimum Gasteiger partial charge on any atom is -0.388 e. The van der Waals surface area contributed by atoms with Crippen LogP contribution >= 0.6 is 7.60 Å². The number of nitrogen functional groups attached to an aromatic ring is 1. The zero-order chi connectivity index (χ0) is 26.3. The van der Waals surface area contributed by atoms with Gasteiger partial charge in [0.25, 0.3) is 5.56 Å². The van der Waals surface area contributed by atoms with Crippen LogP contribution in [-0.2, 0) is 13.8 Å². The number of imidazole rings is 1. The van der Waals surface area contributed by atoms with Gasteiger partial charge in [-0.25, -0.2) is 9.36 Å². The van der Waals surface area contributed by atoms with Crippen molar-refractivity contribution in [1.29, 1.82) is 0 Å². The molecule has 3 rings (SSSR count). The van der Waals surface area contributed by atoms with E-state index in [2.05, 4.69) is 15.0 Å². The largest absolute Gasteiger partial charge is 0.388 e. The second-order valence-corrected chi connectivity index (χ2v) is 10.9. The number of nitrogens with zero attached hydrogens (tertiary/aromatic N) is 2. The number of nitrogens with one attached hydrogen (secondary N) is 2. The summed E-state index contributed by atoms with van der Waals surface area (Å²) in [5.41, 5.74) is 2.43. The van der Waals surface area contributed by atoms with E-state index in [0.717, 1.165) is 4.57 Å². The van der Waals surface area contributed by atoms with Crippen LogP contribution in [0.15, 0.2) is 9.59 Å². The molecule has 0 radical (unpaired) electrons. The lowest BCUT2D eigenvalue weighted by Gasteiger charge is -2.40. The van der Waals surface area contributed by atoms with Crippen LogP contribution in [0.4, 0.5) is 5.95 Å². The van der Waals surface area contributed by atoms with Crippen molar-refractivity contribution in [1.82, 2.24) is 19.5 Å². The van der Waals surface area contributed by atoms with Crippen LogP contribution < -0.4 is 17.0 Å². The number of aromatic amines is 2. The van der Waals surface area contributed by atoms with Gasteiger partial charge in [0.1, 0.15) is 12.2 Å². The van der Waals surface area contributed by atoms with Crippen molar-refractivity contribution in [3.8, 4) is 0 Å². The van der Waals surface area contributed by atoms with E-state index < -0.39 is 54.3 Å². The van der Waals surface area contributed by atoms with Crippen LogP contribution in [0.1, 0.15) is 66.0 Å². The molecule has 1 saturated heterocycles. The van der Waals surface area contributed by atoms with E-state index >= 15 is 0 Å². The summed E-state index contributed by atoms with van der Waals surface area (Å²) in [5, 5.41) is 30.2. The summed E-state index contributed by atoms with van der Waals surface area (Å²) in [7, 11) is -4.54. The lowest BCUT2D eigenvalue weighted by atomic mass is 9.88. The number of rotatable bonds is 10. The molecule has 0 amide bonds. The van der Waals surface area contributed by atoms with Gasteiger partial charge in [-0.3, -0.25) is 23.9 Å². The first kappa shape index (κ1) is 27.5. The Bertz CT molecular complexity index is 1220. The fraction of sp³-hybridized carbons (Fsp3) is 0.750. The average Bonchev–Trinajstić information content (AvgIpc) is 3.28. The molecule has 2 aromatic rings. The lowest BCUT2D eigenvalue weighted by Crippen LogP contribution is -2.42. The first-order valence-electron chi connectivity index (χ1n) is 11.6. The standard InChI is InChI=1S/C20H34N5O9P/c1-5-19(6-2,34-35(31,32)20(30,7-3)8-4)9-10-12(26)13(27)16(33-10)25-14-11(22-18(25)29)15(28)24-17(21)23-14/h10,12-13,16,26-27,30H,5-9H2,1-4H3,(H,22,29)(H,31,32)(H3,21,23,24,28)/t10?,12?,13-,16-/m1/s1. The molecule has 1 aliphatic rings. The Labute approximate surface area is 200 Å². The molecule has 5 atom stereocenters. The van der Waals surface area contributed by atoms with E-state index in [1.54, 1.807) is 27.7 Å². The number of anilines is 1. The van der Waals surface area contributed by atoms with E-state index in [1.807, 2.05) is 0 Å². The highest BCUT2D eigenvalue weighted by Crippen LogP contribution is 2.61. The number of ether oxygens (including phenoxy) is 1. The topological polar surface area (TPSA) is 226 Å². The molecule has 3 unspecified atom stereocenters. The zero-order valence-corrected chi connectivity index (χ0v) is 21.0. The summed E-state index contributed by atoms with van der Waals surface area (Å²) in [6.07, 6.45) is -5.36. The highest BCUT2D eigenvalue weighted by atomic mass is 31.2. The highest BCUT2D eigenvalue weighted by molar-refractivity contribution is 7.54. The fourth-order valence-corrected chi connectivity index (χ4v) is 6.27. The Hall–Kier alpha value is -2.06. The van der Waals surface area contributed by atoms with E-state index in [9.17, 15) is 34.4 Å². The van der Waals surface area contributed by atoms with Gasteiger partial charge in [0, 0.05) is 6.42 Å². The number of fused-ring (bicyclic) bond motifs is 1. The van der Waals surface area contributed by atoms with Gasteiger partial charge in [-0.05, 0) is 25.7 Å². The van der Waals surface area contributed by atoms with Crippen molar-refractivity contribution in [2.75, 3.05) is 5.73 Å². The second kappa shape index (κ2) is 9.77. The maximum atomic E-state index is 13.1. The van der Waals surface area contributed by atoms with Crippen LogP contribution in [0.5, 0.6) is 0 Å². The van der Waals surface area contributed by atoms with Crippen LogP contribution in [0.3, 0.4) is 0 Å². The second-order valence-electron chi connectivity index (χ2n) is 8.89. The first-order valence-corrected chi connectivity index (χ1v) is 13.1. The molecule has 2 aromatic heterocycles. The minimum absolute atomic E-state index is 0.0110. The molecule has 14 nitrogen and oxygen atoms in total. The van der Waals surface area contributed by atoms with Crippen molar-refractivity contribution in [3.05, 3.63) is 20.8 Å². The van der Waals surface area contributed by atoms with E-state index in [-0.39, 0.29) is 49.2 Å². The van der Waals surface area contributed by atoms with Crippen molar-refractivity contribution in [3.63, 3.8) is 0 Å². The van der Waals surface area contributed by atoms with Crippen molar-refractivity contribution < 1.29 is 34.0 Å². The van der Waals surface area contributed by atoms with Gasteiger partial charge in [-0.1, -0.05) is 27.7 Å². The van der Waals surface area contributed by atoms with Gasteiger partial charge in [0.15, 0.2) is 22.7 Å². The molecule has 0 bridgehead atoms. The Kier molecular flexibility index (Phi) is 7.68. The first-order chi connectivity index (χ1) is 16.3. The average molecular weight is 519 g/mol. The fourth-order valence-electron chi connectivity index (χ4n) is 4.44. The third kappa shape index (κ3) is 4.71. The molecule has 35 heavy (non-hydrogen) atoms.